The van der Waals surface area contributed by atoms with E-state index in [0.717, 1.165) is 5.56 Å². The largest absolute Gasteiger partial charge is 0.358 e. The van der Waals surface area contributed by atoms with Crippen LogP contribution in [-0.4, -0.2) is 19.1 Å². The highest BCUT2D eigenvalue weighted by Crippen LogP contribution is 2.15. The molecule has 0 fully saturated rings. The molecule has 2 aromatic rings. The normalized spacial score (nSPS) is 12.0. The number of non-ortho nitro benzene ring substituents is 1. The minimum atomic E-state index is -4.00. The summed E-state index contributed by atoms with van der Waals surface area (Å²) < 4.78 is 28.7. The van der Waals surface area contributed by atoms with Crippen molar-refractivity contribution in [3.05, 3.63) is 69.8 Å². The van der Waals surface area contributed by atoms with E-state index >= 15 is 0 Å². The van der Waals surface area contributed by atoms with Crippen molar-refractivity contribution in [1.29, 1.82) is 0 Å². The zero-order valence-electron chi connectivity index (χ0n) is 12.5. The lowest BCUT2D eigenvalue weighted by Gasteiger charge is -2.04. The maximum Gasteiger partial charge on any atom is 0.358 e. The number of nitro groups is 1. The standard InChI is InChI=1S/C15H14N2O5S/c1-11-3-9-15(10-4-11)23(20,21)22-16-12(2)13-5-7-14(8-6-13)17(18)19/h3-10H,1-2H3. The lowest BCUT2D eigenvalue weighted by Crippen LogP contribution is -2.05. The summed E-state index contributed by atoms with van der Waals surface area (Å²) in [7, 11) is -4.00. The molecule has 0 atom stereocenters. The minimum absolute atomic E-state index is 0.00310. The van der Waals surface area contributed by atoms with Gasteiger partial charge in [0.2, 0.25) is 0 Å². The van der Waals surface area contributed by atoms with Crippen molar-refractivity contribution in [1.82, 2.24) is 0 Å². The maximum absolute atomic E-state index is 12.0. The van der Waals surface area contributed by atoms with E-state index in [1.54, 1.807) is 19.1 Å². The van der Waals surface area contributed by atoms with E-state index in [-0.39, 0.29) is 16.3 Å². The zero-order valence-corrected chi connectivity index (χ0v) is 13.3. The van der Waals surface area contributed by atoms with E-state index in [9.17, 15) is 18.5 Å². The lowest BCUT2D eigenvalue weighted by atomic mass is 10.1. The topological polar surface area (TPSA) is 98.9 Å². The fourth-order valence-corrected chi connectivity index (χ4v) is 2.50. The second kappa shape index (κ2) is 6.57. The lowest BCUT2D eigenvalue weighted by molar-refractivity contribution is -0.384. The molecule has 0 N–H and O–H groups in total. The molecule has 0 unspecified atom stereocenters. The summed E-state index contributed by atoms with van der Waals surface area (Å²) in [5.41, 5.74) is 1.68. The Labute approximate surface area is 133 Å². The molecule has 120 valence electrons. The summed E-state index contributed by atoms with van der Waals surface area (Å²) in [5, 5.41) is 14.2. The molecule has 8 heteroatoms. The van der Waals surface area contributed by atoms with Gasteiger partial charge < -0.3 is 0 Å². The van der Waals surface area contributed by atoms with Gasteiger partial charge in [0.05, 0.1) is 10.6 Å². The average molecular weight is 334 g/mol. The van der Waals surface area contributed by atoms with E-state index in [1.807, 2.05) is 6.92 Å². The van der Waals surface area contributed by atoms with Gasteiger partial charge in [-0.05, 0) is 43.7 Å². The van der Waals surface area contributed by atoms with E-state index in [1.165, 1.54) is 36.4 Å². The molecule has 0 aliphatic carbocycles. The Morgan fingerprint density at radius 1 is 1.09 bits per heavy atom. The Morgan fingerprint density at radius 3 is 2.17 bits per heavy atom. The SMILES string of the molecule is CC(=NOS(=O)(=O)c1ccc(C)cc1)c1ccc([N+](=O)[O-])cc1. The fourth-order valence-electron chi connectivity index (χ4n) is 1.73. The maximum atomic E-state index is 12.0. The number of hydrogen-bond acceptors (Lipinski definition) is 6. The Hall–Kier alpha value is -2.74. The predicted octanol–water partition coefficient (Wildman–Crippen LogP) is 3.03. The van der Waals surface area contributed by atoms with Gasteiger partial charge in [-0.1, -0.05) is 22.9 Å². The first-order valence-corrected chi connectivity index (χ1v) is 8.00. The molecule has 7 nitrogen and oxygen atoms in total. The average Bonchev–Trinajstić information content (AvgIpc) is 2.53. The van der Waals surface area contributed by atoms with Crippen LogP contribution in [0.3, 0.4) is 0 Å². The number of benzene rings is 2. The molecule has 0 saturated heterocycles. The zero-order chi connectivity index (χ0) is 17.0. The minimum Gasteiger partial charge on any atom is -0.265 e. The highest BCUT2D eigenvalue weighted by Gasteiger charge is 2.15. The van der Waals surface area contributed by atoms with Gasteiger partial charge in [0.15, 0.2) is 0 Å². The van der Waals surface area contributed by atoms with Gasteiger partial charge in [-0.3, -0.25) is 14.4 Å². The Bertz CT molecular complexity index is 840. The molecule has 2 aromatic carbocycles. The second-order valence-corrected chi connectivity index (χ2v) is 6.35. The molecule has 0 aromatic heterocycles. The molecular formula is C15H14N2O5S. The number of aryl methyl sites for hydroxylation is 1. The van der Waals surface area contributed by atoms with Crippen LogP contribution in [0.5, 0.6) is 0 Å². The van der Waals surface area contributed by atoms with Crippen LogP contribution >= 0.6 is 0 Å². The third-order valence-electron chi connectivity index (χ3n) is 3.08. The second-order valence-electron chi connectivity index (χ2n) is 4.82. The van der Waals surface area contributed by atoms with E-state index in [4.69, 9.17) is 0 Å². The van der Waals surface area contributed by atoms with Crippen molar-refractivity contribution in [2.24, 2.45) is 5.16 Å². The third kappa shape index (κ3) is 4.13. The molecule has 0 heterocycles. The van der Waals surface area contributed by atoms with Gasteiger partial charge in [-0.25, -0.2) is 0 Å². The number of rotatable bonds is 5. The monoisotopic (exact) mass is 334 g/mol. The Kier molecular flexibility index (Phi) is 4.75. The summed E-state index contributed by atoms with van der Waals surface area (Å²) >= 11 is 0. The number of hydrogen-bond donors (Lipinski definition) is 0. The van der Waals surface area contributed by atoms with Crippen LogP contribution in [-0.2, 0) is 14.4 Å². The van der Waals surface area contributed by atoms with Gasteiger partial charge in [-0.15, -0.1) is 0 Å². The van der Waals surface area contributed by atoms with E-state index < -0.39 is 15.0 Å². The fraction of sp³-hybridized carbons (Fsp3) is 0.133. The van der Waals surface area contributed by atoms with Gasteiger partial charge in [0, 0.05) is 12.1 Å². The van der Waals surface area contributed by atoms with Crippen LogP contribution < -0.4 is 0 Å². The first-order valence-electron chi connectivity index (χ1n) is 6.59. The van der Waals surface area contributed by atoms with Gasteiger partial charge in [0.25, 0.3) is 5.69 Å². The van der Waals surface area contributed by atoms with Crippen molar-refractivity contribution >= 4 is 21.5 Å². The Balaban J connectivity index is 2.18. The first kappa shape index (κ1) is 16.6. The van der Waals surface area contributed by atoms with Crippen LogP contribution in [0.25, 0.3) is 0 Å². The molecule has 0 radical (unpaired) electrons. The van der Waals surface area contributed by atoms with Crippen molar-refractivity contribution in [3.63, 3.8) is 0 Å². The quantitative estimate of drug-likeness (QED) is 0.475. The highest BCUT2D eigenvalue weighted by molar-refractivity contribution is 7.86. The van der Waals surface area contributed by atoms with Crippen molar-refractivity contribution in [2.75, 3.05) is 0 Å². The summed E-state index contributed by atoms with van der Waals surface area (Å²) in [6, 6.07) is 11.7. The summed E-state index contributed by atoms with van der Waals surface area (Å²) in [6.45, 7) is 3.39. The predicted molar refractivity (Wildman–Crippen MR) is 84.8 cm³/mol. The van der Waals surface area contributed by atoms with E-state index in [0.29, 0.717) is 5.56 Å². The molecule has 0 aliphatic rings. The third-order valence-corrected chi connectivity index (χ3v) is 4.20. The van der Waals surface area contributed by atoms with Gasteiger partial charge >= 0.3 is 10.1 Å². The van der Waals surface area contributed by atoms with Crippen LogP contribution in [0.4, 0.5) is 5.69 Å². The van der Waals surface area contributed by atoms with E-state index in [2.05, 4.69) is 9.44 Å². The van der Waals surface area contributed by atoms with Crippen molar-refractivity contribution in [2.45, 2.75) is 18.7 Å². The molecule has 23 heavy (non-hydrogen) atoms. The summed E-state index contributed by atoms with van der Waals surface area (Å²) in [5.74, 6) is 0. The Morgan fingerprint density at radius 2 is 1.65 bits per heavy atom. The molecule has 0 amide bonds. The number of nitrogens with zero attached hydrogens (tertiary/aromatic N) is 2. The number of oxime groups is 1. The summed E-state index contributed by atoms with van der Waals surface area (Å²) in [4.78, 5) is 10.1. The summed E-state index contributed by atoms with van der Waals surface area (Å²) in [6.07, 6.45) is 0. The van der Waals surface area contributed by atoms with Crippen LogP contribution in [0.2, 0.25) is 0 Å². The smallest absolute Gasteiger partial charge is 0.265 e. The van der Waals surface area contributed by atoms with Gasteiger partial charge in [-0.2, -0.15) is 8.42 Å². The van der Waals surface area contributed by atoms with Crippen molar-refractivity contribution in [3.8, 4) is 0 Å². The van der Waals surface area contributed by atoms with Crippen molar-refractivity contribution < 1.29 is 17.6 Å². The van der Waals surface area contributed by atoms with Crippen LogP contribution in [0.1, 0.15) is 18.1 Å². The highest BCUT2D eigenvalue weighted by atomic mass is 32.2. The molecular weight excluding hydrogens is 320 g/mol. The molecule has 0 bridgehead atoms. The van der Waals surface area contributed by atoms with Crippen LogP contribution in [0.15, 0.2) is 58.6 Å². The molecule has 0 saturated carbocycles. The molecule has 2 rings (SSSR count). The van der Waals surface area contributed by atoms with Crippen LogP contribution in [0, 0.1) is 17.0 Å². The first-order chi connectivity index (χ1) is 10.8. The molecule has 0 aliphatic heterocycles. The van der Waals surface area contributed by atoms with Gasteiger partial charge in [0.1, 0.15) is 4.90 Å². The number of nitro benzene ring substituents is 1. The molecule has 0 spiro atoms.